The van der Waals surface area contributed by atoms with E-state index < -0.39 is 0 Å². The number of nitrogens with one attached hydrogen (secondary N) is 2. The monoisotopic (exact) mass is 377 g/mol. The van der Waals surface area contributed by atoms with Gasteiger partial charge in [-0.25, -0.2) is 4.39 Å². The van der Waals surface area contributed by atoms with Crippen LogP contribution in [0.5, 0.6) is 0 Å². The number of hydrogen-bond donors (Lipinski definition) is 2. The number of nitrogens with zero attached hydrogens (tertiary/aromatic N) is 1. The summed E-state index contributed by atoms with van der Waals surface area (Å²) in [6, 6.07) is 7.45. The molecule has 0 amide bonds. The molecule has 2 rings (SSSR count). The number of benzene rings is 1. The van der Waals surface area contributed by atoms with Crippen LogP contribution < -0.4 is 10.6 Å². The average molecular weight is 377 g/mol. The van der Waals surface area contributed by atoms with E-state index in [4.69, 9.17) is 0 Å². The standard InChI is InChI=1S/C14H20FN3.HI/c1-2-16-14(18-12-7-8-12)17-10-9-11-5-3-4-6-13(11)15;/h3-6,12H,2,7-10H2,1H3,(H2,16,17,18);1H. The second-order valence-electron chi connectivity index (χ2n) is 4.52. The molecule has 0 radical (unpaired) electrons. The highest BCUT2D eigenvalue weighted by Crippen LogP contribution is 2.18. The molecule has 1 aliphatic rings. The second kappa shape index (κ2) is 8.35. The van der Waals surface area contributed by atoms with Crippen LogP contribution in [0.3, 0.4) is 0 Å². The lowest BCUT2D eigenvalue weighted by Crippen LogP contribution is -2.38. The smallest absolute Gasteiger partial charge is 0.191 e. The number of guanidine groups is 1. The Morgan fingerprint density at radius 2 is 2.11 bits per heavy atom. The topological polar surface area (TPSA) is 36.4 Å². The van der Waals surface area contributed by atoms with Crippen molar-refractivity contribution in [3.63, 3.8) is 0 Å². The molecule has 1 aliphatic carbocycles. The molecule has 106 valence electrons. The molecule has 0 aliphatic heterocycles. The minimum absolute atomic E-state index is 0. The predicted octanol–water partition coefficient (Wildman–Crippen LogP) is 2.70. The normalized spacial score (nSPS) is 14.7. The SMILES string of the molecule is CCNC(=NCCc1ccccc1F)NC1CC1.I. The van der Waals surface area contributed by atoms with Crippen LogP contribution in [0.15, 0.2) is 29.3 Å². The molecule has 3 nitrogen and oxygen atoms in total. The third-order valence-corrected chi connectivity index (χ3v) is 2.87. The lowest BCUT2D eigenvalue weighted by molar-refractivity contribution is 0.609. The van der Waals surface area contributed by atoms with Crippen LogP contribution in [-0.4, -0.2) is 25.1 Å². The third kappa shape index (κ3) is 5.76. The van der Waals surface area contributed by atoms with Gasteiger partial charge in [-0.2, -0.15) is 0 Å². The molecule has 0 unspecified atom stereocenters. The molecule has 0 aromatic heterocycles. The molecule has 1 saturated carbocycles. The number of aliphatic imine (C=N–C) groups is 1. The first kappa shape index (κ1) is 16.2. The van der Waals surface area contributed by atoms with Crippen molar-refractivity contribution in [2.45, 2.75) is 32.2 Å². The maximum Gasteiger partial charge on any atom is 0.191 e. The molecule has 5 heteroatoms. The maximum atomic E-state index is 13.4. The number of halogens is 2. The summed E-state index contributed by atoms with van der Waals surface area (Å²) < 4.78 is 13.4. The van der Waals surface area contributed by atoms with Gasteiger partial charge < -0.3 is 10.6 Å². The zero-order chi connectivity index (χ0) is 12.8. The summed E-state index contributed by atoms with van der Waals surface area (Å²) in [5.74, 6) is 0.698. The molecule has 1 fully saturated rings. The van der Waals surface area contributed by atoms with E-state index in [1.807, 2.05) is 19.1 Å². The lowest BCUT2D eigenvalue weighted by atomic mass is 10.1. The summed E-state index contributed by atoms with van der Waals surface area (Å²) in [6.07, 6.45) is 3.07. The fourth-order valence-electron chi connectivity index (χ4n) is 1.73. The Balaban J connectivity index is 0.00000180. The van der Waals surface area contributed by atoms with Gasteiger partial charge in [0.25, 0.3) is 0 Å². The van der Waals surface area contributed by atoms with E-state index in [0.29, 0.717) is 19.0 Å². The summed E-state index contributed by atoms with van der Waals surface area (Å²) in [4.78, 5) is 4.46. The minimum atomic E-state index is -0.146. The first-order valence-electron chi connectivity index (χ1n) is 6.58. The second-order valence-corrected chi connectivity index (χ2v) is 4.52. The first-order chi connectivity index (χ1) is 8.79. The zero-order valence-electron chi connectivity index (χ0n) is 11.2. The Bertz CT molecular complexity index is 419. The molecule has 1 aromatic rings. The molecule has 0 bridgehead atoms. The van der Waals surface area contributed by atoms with Crippen molar-refractivity contribution < 1.29 is 4.39 Å². The molecule has 1 aromatic carbocycles. The average Bonchev–Trinajstić information content (AvgIpc) is 3.16. The van der Waals surface area contributed by atoms with Crippen LogP contribution in [0.4, 0.5) is 4.39 Å². The third-order valence-electron chi connectivity index (χ3n) is 2.87. The molecule has 0 heterocycles. The van der Waals surface area contributed by atoms with Gasteiger partial charge in [-0.05, 0) is 37.8 Å². The van der Waals surface area contributed by atoms with Crippen molar-refractivity contribution in [1.29, 1.82) is 0 Å². The molecule has 0 saturated heterocycles. The van der Waals surface area contributed by atoms with E-state index in [2.05, 4.69) is 15.6 Å². The Morgan fingerprint density at radius 1 is 1.37 bits per heavy atom. The van der Waals surface area contributed by atoms with Gasteiger partial charge in [-0.1, -0.05) is 18.2 Å². The van der Waals surface area contributed by atoms with E-state index in [-0.39, 0.29) is 29.8 Å². The van der Waals surface area contributed by atoms with Gasteiger partial charge in [-0.3, -0.25) is 4.99 Å². The van der Waals surface area contributed by atoms with Crippen molar-refractivity contribution in [3.05, 3.63) is 35.6 Å². The summed E-state index contributed by atoms with van der Waals surface area (Å²) in [7, 11) is 0. The van der Waals surface area contributed by atoms with Crippen molar-refractivity contribution in [2.75, 3.05) is 13.1 Å². The Morgan fingerprint density at radius 3 is 2.74 bits per heavy atom. The van der Waals surface area contributed by atoms with Crippen LogP contribution in [0, 0.1) is 5.82 Å². The van der Waals surface area contributed by atoms with Crippen LogP contribution >= 0.6 is 24.0 Å². The largest absolute Gasteiger partial charge is 0.357 e. The number of rotatable bonds is 5. The Hall–Kier alpha value is -0.850. The fraction of sp³-hybridized carbons (Fsp3) is 0.500. The van der Waals surface area contributed by atoms with Crippen LogP contribution in [0.2, 0.25) is 0 Å². The van der Waals surface area contributed by atoms with E-state index in [9.17, 15) is 4.39 Å². The van der Waals surface area contributed by atoms with E-state index in [1.54, 1.807) is 6.07 Å². The van der Waals surface area contributed by atoms with Gasteiger partial charge in [0, 0.05) is 19.1 Å². The fourth-order valence-corrected chi connectivity index (χ4v) is 1.73. The van der Waals surface area contributed by atoms with E-state index in [1.165, 1.54) is 18.9 Å². The summed E-state index contributed by atoms with van der Waals surface area (Å²) in [5, 5.41) is 6.54. The van der Waals surface area contributed by atoms with Gasteiger partial charge in [0.05, 0.1) is 0 Å². The van der Waals surface area contributed by atoms with Crippen molar-refractivity contribution in [2.24, 2.45) is 4.99 Å². The summed E-state index contributed by atoms with van der Waals surface area (Å²) in [6.45, 7) is 3.49. The highest BCUT2D eigenvalue weighted by molar-refractivity contribution is 14.0. The van der Waals surface area contributed by atoms with Crippen LogP contribution in [0.25, 0.3) is 0 Å². The zero-order valence-corrected chi connectivity index (χ0v) is 13.5. The maximum absolute atomic E-state index is 13.4. The highest BCUT2D eigenvalue weighted by Gasteiger charge is 2.21. The van der Waals surface area contributed by atoms with Crippen molar-refractivity contribution >= 4 is 29.9 Å². The lowest BCUT2D eigenvalue weighted by Gasteiger charge is -2.10. The van der Waals surface area contributed by atoms with Gasteiger partial charge in [0.2, 0.25) is 0 Å². The molecular formula is C14H21FIN3. The molecule has 0 spiro atoms. The van der Waals surface area contributed by atoms with Gasteiger partial charge in [-0.15, -0.1) is 24.0 Å². The minimum Gasteiger partial charge on any atom is -0.357 e. The molecule has 19 heavy (non-hydrogen) atoms. The molecule has 2 N–H and O–H groups in total. The first-order valence-corrected chi connectivity index (χ1v) is 6.58. The van der Waals surface area contributed by atoms with Gasteiger partial charge >= 0.3 is 0 Å². The van der Waals surface area contributed by atoms with E-state index in [0.717, 1.165) is 18.1 Å². The summed E-state index contributed by atoms with van der Waals surface area (Å²) in [5.41, 5.74) is 0.725. The van der Waals surface area contributed by atoms with Gasteiger partial charge in [0.15, 0.2) is 5.96 Å². The van der Waals surface area contributed by atoms with E-state index >= 15 is 0 Å². The molecular weight excluding hydrogens is 356 g/mol. The van der Waals surface area contributed by atoms with Crippen LogP contribution in [0.1, 0.15) is 25.3 Å². The van der Waals surface area contributed by atoms with Gasteiger partial charge in [0.1, 0.15) is 5.82 Å². The number of hydrogen-bond acceptors (Lipinski definition) is 1. The molecule has 0 atom stereocenters. The van der Waals surface area contributed by atoms with Crippen molar-refractivity contribution in [3.8, 4) is 0 Å². The Kier molecular flexibility index (Phi) is 7.12. The van der Waals surface area contributed by atoms with Crippen molar-refractivity contribution in [1.82, 2.24) is 10.6 Å². The Labute approximate surface area is 131 Å². The summed E-state index contributed by atoms with van der Waals surface area (Å²) >= 11 is 0. The highest BCUT2D eigenvalue weighted by atomic mass is 127. The quantitative estimate of drug-likeness (QED) is 0.470. The predicted molar refractivity (Wildman–Crippen MR) is 87.7 cm³/mol. The van der Waals surface area contributed by atoms with Crippen LogP contribution in [-0.2, 0) is 6.42 Å².